The Morgan fingerprint density at radius 1 is 1.31 bits per heavy atom. The van der Waals surface area contributed by atoms with Gasteiger partial charge in [-0.1, -0.05) is 43.1 Å². The SMILES string of the molecule is CC(C)CNC(=O)C1CCCCN1C(=O)c1csc(Nc2cccc(Cl)c2Cl)n1. The van der Waals surface area contributed by atoms with Crippen LogP contribution in [0.25, 0.3) is 0 Å². The van der Waals surface area contributed by atoms with Gasteiger partial charge >= 0.3 is 0 Å². The summed E-state index contributed by atoms with van der Waals surface area (Å²) in [7, 11) is 0. The molecule has 2 heterocycles. The van der Waals surface area contributed by atoms with Crippen molar-refractivity contribution in [3.05, 3.63) is 39.3 Å². The van der Waals surface area contributed by atoms with E-state index in [1.807, 2.05) is 13.8 Å². The molecule has 2 N–H and O–H groups in total. The van der Waals surface area contributed by atoms with Gasteiger partial charge in [-0.25, -0.2) is 4.98 Å². The van der Waals surface area contributed by atoms with E-state index in [4.69, 9.17) is 23.2 Å². The van der Waals surface area contributed by atoms with E-state index in [9.17, 15) is 9.59 Å². The highest BCUT2D eigenvalue weighted by atomic mass is 35.5. The van der Waals surface area contributed by atoms with Crippen molar-refractivity contribution in [1.82, 2.24) is 15.2 Å². The number of rotatable bonds is 6. The maximum Gasteiger partial charge on any atom is 0.274 e. The van der Waals surface area contributed by atoms with Crippen molar-refractivity contribution < 1.29 is 9.59 Å². The van der Waals surface area contributed by atoms with Crippen LogP contribution in [0.5, 0.6) is 0 Å². The molecule has 1 fully saturated rings. The van der Waals surface area contributed by atoms with E-state index in [2.05, 4.69) is 15.6 Å². The number of thiazole rings is 1. The van der Waals surface area contributed by atoms with Crippen molar-refractivity contribution in [1.29, 1.82) is 0 Å². The van der Waals surface area contributed by atoms with Crippen LogP contribution in [0, 0.1) is 5.92 Å². The number of likely N-dealkylation sites (tertiary alicyclic amines) is 1. The van der Waals surface area contributed by atoms with Gasteiger partial charge in [-0.2, -0.15) is 0 Å². The monoisotopic (exact) mass is 454 g/mol. The van der Waals surface area contributed by atoms with E-state index in [1.165, 1.54) is 11.3 Å². The molecule has 2 amide bonds. The number of hydrogen-bond acceptors (Lipinski definition) is 5. The van der Waals surface area contributed by atoms with Crippen LogP contribution in [-0.2, 0) is 4.79 Å². The molecule has 1 aromatic carbocycles. The highest BCUT2D eigenvalue weighted by Crippen LogP contribution is 2.33. The number of nitrogens with zero attached hydrogens (tertiary/aromatic N) is 2. The summed E-state index contributed by atoms with van der Waals surface area (Å²) < 4.78 is 0. The topological polar surface area (TPSA) is 74.3 Å². The number of hydrogen-bond donors (Lipinski definition) is 2. The maximum atomic E-state index is 13.1. The second-order valence-corrected chi connectivity index (χ2v) is 9.06. The van der Waals surface area contributed by atoms with Gasteiger partial charge in [0.25, 0.3) is 5.91 Å². The molecular weight excluding hydrogens is 431 g/mol. The Morgan fingerprint density at radius 2 is 2.10 bits per heavy atom. The summed E-state index contributed by atoms with van der Waals surface area (Å²) in [5.41, 5.74) is 0.940. The van der Waals surface area contributed by atoms with Crippen LogP contribution in [0.3, 0.4) is 0 Å². The molecule has 6 nitrogen and oxygen atoms in total. The molecule has 0 radical (unpaired) electrons. The molecule has 0 bridgehead atoms. The lowest BCUT2D eigenvalue weighted by Gasteiger charge is -2.34. The number of amides is 2. The minimum Gasteiger partial charge on any atom is -0.354 e. The smallest absolute Gasteiger partial charge is 0.274 e. The van der Waals surface area contributed by atoms with Crippen molar-refractivity contribution in [3.8, 4) is 0 Å². The molecule has 3 rings (SSSR count). The van der Waals surface area contributed by atoms with E-state index < -0.39 is 6.04 Å². The zero-order chi connectivity index (χ0) is 21.0. The molecular formula is C20H24Cl2N4O2S. The maximum absolute atomic E-state index is 13.1. The van der Waals surface area contributed by atoms with Crippen molar-refractivity contribution in [2.45, 2.75) is 39.2 Å². The third-order valence-electron chi connectivity index (χ3n) is 4.67. The minimum atomic E-state index is -0.449. The first-order valence-corrected chi connectivity index (χ1v) is 11.3. The van der Waals surface area contributed by atoms with Gasteiger partial charge in [0, 0.05) is 18.5 Å². The molecule has 1 atom stereocenters. The lowest BCUT2D eigenvalue weighted by Crippen LogP contribution is -2.52. The summed E-state index contributed by atoms with van der Waals surface area (Å²) in [5.74, 6) is 0.0408. The van der Waals surface area contributed by atoms with Gasteiger partial charge in [0.05, 0.1) is 15.7 Å². The Hall–Kier alpha value is -1.83. The lowest BCUT2D eigenvalue weighted by molar-refractivity contribution is -0.126. The van der Waals surface area contributed by atoms with Gasteiger partial charge in [-0.15, -0.1) is 11.3 Å². The van der Waals surface area contributed by atoms with Gasteiger partial charge in [0.2, 0.25) is 5.91 Å². The van der Waals surface area contributed by atoms with Gasteiger partial charge < -0.3 is 15.5 Å². The van der Waals surface area contributed by atoms with Crippen molar-refractivity contribution in [2.24, 2.45) is 5.92 Å². The number of piperidine rings is 1. The van der Waals surface area contributed by atoms with Crippen LogP contribution < -0.4 is 10.6 Å². The molecule has 1 aliphatic rings. The lowest BCUT2D eigenvalue weighted by atomic mass is 10.0. The summed E-state index contributed by atoms with van der Waals surface area (Å²) in [6.07, 6.45) is 2.48. The number of halogens is 2. The normalized spacial score (nSPS) is 16.7. The fraction of sp³-hybridized carbons (Fsp3) is 0.450. The summed E-state index contributed by atoms with van der Waals surface area (Å²) in [6, 6.07) is 4.82. The second kappa shape index (κ2) is 9.78. The molecule has 29 heavy (non-hydrogen) atoms. The van der Waals surface area contributed by atoms with Crippen LogP contribution in [0.1, 0.15) is 43.6 Å². The predicted octanol–water partition coefficient (Wildman–Crippen LogP) is 4.96. The Balaban J connectivity index is 1.72. The van der Waals surface area contributed by atoms with E-state index in [-0.39, 0.29) is 11.8 Å². The van der Waals surface area contributed by atoms with Crippen molar-refractivity contribution in [2.75, 3.05) is 18.4 Å². The Morgan fingerprint density at radius 3 is 2.86 bits per heavy atom. The number of nitrogens with one attached hydrogen (secondary N) is 2. The third-order valence-corrected chi connectivity index (χ3v) is 6.24. The van der Waals surface area contributed by atoms with Gasteiger partial charge in [0.1, 0.15) is 11.7 Å². The molecule has 2 aromatic rings. The average molecular weight is 455 g/mol. The number of benzene rings is 1. The molecule has 1 unspecified atom stereocenters. The van der Waals surface area contributed by atoms with Crippen LogP contribution in [-0.4, -0.2) is 40.8 Å². The summed E-state index contributed by atoms with van der Waals surface area (Å²) >= 11 is 13.5. The van der Waals surface area contributed by atoms with Crippen LogP contribution in [0.2, 0.25) is 10.0 Å². The minimum absolute atomic E-state index is 0.0916. The molecule has 0 saturated carbocycles. The first-order chi connectivity index (χ1) is 13.9. The second-order valence-electron chi connectivity index (χ2n) is 7.41. The quantitative estimate of drug-likeness (QED) is 0.646. The molecule has 1 saturated heterocycles. The summed E-state index contributed by atoms with van der Waals surface area (Å²) in [6.45, 7) is 5.24. The predicted molar refractivity (Wildman–Crippen MR) is 118 cm³/mol. The fourth-order valence-corrected chi connectivity index (χ4v) is 4.21. The number of aromatic nitrogens is 1. The molecule has 1 aromatic heterocycles. The van der Waals surface area contributed by atoms with Gasteiger partial charge in [-0.3, -0.25) is 9.59 Å². The molecule has 9 heteroatoms. The summed E-state index contributed by atoms with van der Waals surface area (Å²) in [5, 5.41) is 9.12. The third kappa shape index (κ3) is 5.41. The Bertz CT molecular complexity index is 887. The fourth-order valence-electron chi connectivity index (χ4n) is 3.16. The average Bonchev–Trinajstić information content (AvgIpc) is 3.17. The number of carbonyl (C=O) groups is 2. The van der Waals surface area contributed by atoms with Gasteiger partial charge in [0.15, 0.2) is 5.13 Å². The highest BCUT2D eigenvalue weighted by molar-refractivity contribution is 7.14. The molecule has 0 aliphatic carbocycles. The van der Waals surface area contributed by atoms with E-state index in [0.29, 0.717) is 52.0 Å². The van der Waals surface area contributed by atoms with Gasteiger partial charge in [-0.05, 0) is 37.3 Å². The zero-order valence-corrected chi connectivity index (χ0v) is 18.7. The standard InChI is InChI=1S/C20H24Cl2N4O2S/c1-12(2)10-23-18(27)16-8-3-4-9-26(16)19(28)15-11-29-20(25-15)24-14-7-5-6-13(21)17(14)22/h5-7,11-12,16H,3-4,8-10H2,1-2H3,(H,23,27)(H,24,25). The number of anilines is 2. The van der Waals surface area contributed by atoms with Crippen LogP contribution in [0.15, 0.2) is 23.6 Å². The zero-order valence-electron chi connectivity index (χ0n) is 16.4. The largest absolute Gasteiger partial charge is 0.354 e. The van der Waals surface area contributed by atoms with Crippen molar-refractivity contribution in [3.63, 3.8) is 0 Å². The summed E-state index contributed by atoms with van der Waals surface area (Å²) in [4.78, 5) is 31.7. The molecule has 156 valence electrons. The van der Waals surface area contributed by atoms with E-state index in [1.54, 1.807) is 28.5 Å². The first kappa shape index (κ1) is 21.9. The Labute approximate surface area is 184 Å². The van der Waals surface area contributed by atoms with Crippen LogP contribution in [0.4, 0.5) is 10.8 Å². The number of carbonyl (C=O) groups excluding carboxylic acids is 2. The Kier molecular flexibility index (Phi) is 7.38. The molecule has 1 aliphatic heterocycles. The molecule has 0 spiro atoms. The highest BCUT2D eigenvalue weighted by Gasteiger charge is 2.33. The van der Waals surface area contributed by atoms with Crippen molar-refractivity contribution >= 4 is 57.2 Å². The first-order valence-electron chi connectivity index (χ1n) is 9.62. The van der Waals surface area contributed by atoms with E-state index in [0.717, 1.165) is 12.8 Å². The van der Waals surface area contributed by atoms with Crippen LogP contribution >= 0.6 is 34.5 Å². The van der Waals surface area contributed by atoms with E-state index >= 15 is 0 Å².